The third-order valence-corrected chi connectivity index (χ3v) is 4.00. The number of hydrogen-bond acceptors (Lipinski definition) is 8. The molecule has 2 heterocycles. The number of aliphatic hydroxyl groups excluding tert-OH is 2. The van der Waals surface area contributed by atoms with Crippen LogP contribution >= 0.6 is 0 Å². The molecule has 0 aliphatic carbocycles. The number of aromatic nitrogens is 1. The van der Waals surface area contributed by atoms with Gasteiger partial charge in [0, 0.05) is 17.1 Å². The Kier molecular flexibility index (Phi) is 5.40. The first kappa shape index (κ1) is 18.8. The average molecular weight is 379 g/mol. The fourth-order valence-electron chi connectivity index (χ4n) is 2.65. The van der Waals surface area contributed by atoms with E-state index in [-0.39, 0.29) is 0 Å². The summed E-state index contributed by atoms with van der Waals surface area (Å²) in [6, 6.07) is 7.16. The Morgan fingerprint density at radius 3 is 2.67 bits per heavy atom. The molecule has 0 amide bonds. The fraction of sp³-hybridized carbons (Fsp3) is 0.353. The minimum Gasteiger partial charge on any atom is -0.481 e. The number of carboxylic acids is 1. The molecule has 3 rings (SSSR count). The third kappa shape index (κ3) is 4.08. The zero-order valence-electron chi connectivity index (χ0n) is 13.9. The molecule has 0 unspecified atom stereocenters. The highest BCUT2D eigenvalue weighted by Gasteiger charge is 2.45. The van der Waals surface area contributed by atoms with Gasteiger partial charge in [0.2, 0.25) is 6.29 Å². The van der Waals surface area contributed by atoms with Crippen molar-refractivity contribution >= 4 is 28.6 Å². The minimum atomic E-state index is -1.75. The molecule has 10 nitrogen and oxygen atoms in total. The molecule has 1 aromatic carbocycles. The Balaban J connectivity index is 1.70. The Labute approximate surface area is 152 Å². The van der Waals surface area contributed by atoms with Crippen molar-refractivity contribution in [2.45, 2.75) is 31.0 Å². The van der Waals surface area contributed by atoms with Crippen LogP contribution in [0.15, 0.2) is 30.5 Å². The number of H-pyrrole nitrogens is 1. The number of aliphatic hydroxyl groups is 2. The van der Waals surface area contributed by atoms with Gasteiger partial charge in [0.1, 0.15) is 31.0 Å². The Morgan fingerprint density at radius 1 is 1.19 bits per heavy atom. The lowest BCUT2D eigenvalue weighted by molar-refractivity contribution is -0.231. The molecular weight excluding hydrogens is 362 g/mol. The van der Waals surface area contributed by atoms with Crippen molar-refractivity contribution in [1.29, 1.82) is 0 Å². The summed E-state index contributed by atoms with van der Waals surface area (Å²) in [5.41, 5.74) is 0.767. The van der Waals surface area contributed by atoms with E-state index in [1.54, 1.807) is 18.2 Å². The van der Waals surface area contributed by atoms with Crippen molar-refractivity contribution in [3.05, 3.63) is 30.5 Å². The molecule has 4 atom stereocenters. The first-order chi connectivity index (χ1) is 12.9. The van der Waals surface area contributed by atoms with Crippen molar-refractivity contribution in [3.8, 4) is 5.75 Å². The number of Topliss-reactive ketones (excluding diaryl/α,β-unsaturated/α-hetero) is 1. The maximum absolute atomic E-state index is 12.1. The second-order valence-corrected chi connectivity index (χ2v) is 5.90. The number of nitrogens with one attached hydrogen (secondary N) is 1. The smallest absolute Gasteiger partial charge is 0.317 e. The lowest BCUT2D eigenvalue weighted by atomic mass is 10.0. The highest BCUT2D eigenvalue weighted by atomic mass is 16.7. The number of hydrogen-bond donors (Lipinski definition) is 4. The van der Waals surface area contributed by atoms with Crippen LogP contribution in [0.1, 0.15) is 6.42 Å². The number of carbonyl (C=O) groups is 3. The largest absolute Gasteiger partial charge is 0.481 e. The Morgan fingerprint density at radius 2 is 1.93 bits per heavy atom. The lowest BCUT2D eigenvalue weighted by Gasteiger charge is -2.35. The highest BCUT2D eigenvalue weighted by molar-refractivity contribution is 5.90. The van der Waals surface area contributed by atoms with Gasteiger partial charge in [-0.1, -0.05) is 12.1 Å². The van der Waals surface area contributed by atoms with Gasteiger partial charge in [-0.2, -0.15) is 0 Å². The van der Waals surface area contributed by atoms with E-state index in [0.717, 1.165) is 5.52 Å². The van der Waals surface area contributed by atoms with Gasteiger partial charge in [-0.15, -0.1) is 0 Å². The fourth-order valence-corrected chi connectivity index (χ4v) is 2.65. The summed E-state index contributed by atoms with van der Waals surface area (Å²) in [4.78, 5) is 36.8. The van der Waals surface area contributed by atoms with E-state index in [2.05, 4.69) is 4.98 Å². The molecule has 0 radical (unpaired) electrons. The minimum absolute atomic E-state index is 0.320. The number of carboxylic acid groups (broad SMARTS) is 1. The summed E-state index contributed by atoms with van der Waals surface area (Å²) in [6.07, 6.45) is -5.59. The number of ketones is 1. The summed E-state index contributed by atoms with van der Waals surface area (Å²) >= 11 is 0. The van der Waals surface area contributed by atoms with E-state index in [0.29, 0.717) is 11.1 Å². The van der Waals surface area contributed by atoms with E-state index in [1.807, 2.05) is 6.07 Å². The van der Waals surface area contributed by atoms with Crippen molar-refractivity contribution in [2.75, 3.05) is 6.61 Å². The zero-order valence-corrected chi connectivity index (χ0v) is 13.9. The van der Waals surface area contributed by atoms with Gasteiger partial charge in [0.25, 0.3) is 0 Å². The van der Waals surface area contributed by atoms with Crippen LogP contribution in [0.4, 0.5) is 0 Å². The van der Waals surface area contributed by atoms with Crippen molar-refractivity contribution in [3.63, 3.8) is 0 Å². The quantitative estimate of drug-likeness (QED) is 0.387. The monoisotopic (exact) mass is 379 g/mol. The number of ether oxygens (including phenoxy) is 3. The van der Waals surface area contributed by atoms with Gasteiger partial charge in [0.05, 0.1) is 0 Å². The number of esters is 1. The molecule has 4 N–H and O–H groups in total. The first-order valence-corrected chi connectivity index (χ1v) is 8.02. The average Bonchev–Trinajstić information content (AvgIpc) is 3.03. The van der Waals surface area contributed by atoms with Crippen LogP contribution < -0.4 is 4.74 Å². The van der Waals surface area contributed by atoms with Gasteiger partial charge in [-0.25, -0.2) is 0 Å². The van der Waals surface area contributed by atoms with Gasteiger partial charge in [-0.05, 0) is 12.1 Å². The molecule has 1 aliphatic heterocycles. The SMILES string of the molecule is O=C(O)CC(=O)OC[C@H]1O[C@@H](Oc2c[nH]c3ccccc23)[C@H](O)C(=O)[C@@H]1O. The van der Waals surface area contributed by atoms with Crippen LogP contribution in [0.5, 0.6) is 5.75 Å². The predicted octanol–water partition coefficient (Wildman–Crippen LogP) is -0.420. The molecule has 1 aromatic heterocycles. The first-order valence-electron chi connectivity index (χ1n) is 8.02. The van der Waals surface area contributed by atoms with Crippen molar-refractivity contribution in [2.24, 2.45) is 0 Å². The van der Waals surface area contributed by atoms with E-state index >= 15 is 0 Å². The maximum atomic E-state index is 12.1. The van der Waals surface area contributed by atoms with Gasteiger partial charge in [-0.3, -0.25) is 14.4 Å². The van der Waals surface area contributed by atoms with E-state index in [4.69, 9.17) is 19.3 Å². The van der Waals surface area contributed by atoms with Crippen LogP contribution in [-0.2, 0) is 23.9 Å². The summed E-state index contributed by atoms with van der Waals surface area (Å²) in [5, 5.41) is 29.2. The third-order valence-electron chi connectivity index (χ3n) is 4.00. The number of para-hydroxylation sites is 1. The lowest BCUT2D eigenvalue weighted by Crippen LogP contribution is -2.58. The Bertz CT molecular complexity index is 861. The standard InChI is InChI=1S/C17H17NO9/c19-12(20)5-13(21)25-7-11-14(22)15(23)16(24)17(27-11)26-10-6-18-9-4-2-1-3-8(9)10/h1-4,6,11,14,16-18,22,24H,5,7H2,(H,19,20)/t11-,14-,16-,17-/m1/s1. The molecule has 1 fully saturated rings. The summed E-state index contributed by atoms with van der Waals surface area (Å²) in [5.74, 6) is -3.06. The van der Waals surface area contributed by atoms with Crippen LogP contribution in [0.3, 0.4) is 0 Å². The summed E-state index contributed by atoms with van der Waals surface area (Å²) < 4.78 is 15.6. The number of rotatable bonds is 6. The Hall–Kier alpha value is -2.95. The van der Waals surface area contributed by atoms with Crippen LogP contribution in [-0.4, -0.2) is 69.2 Å². The van der Waals surface area contributed by atoms with Crippen molar-refractivity contribution < 1.29 is 43.9 Å². The van der Waals surface area contributed by atoms with Crippen molar-refractivity contribution in [1.82, 2.24) is 4.98 Å². The van der Waals surface area contributed by atoms with E-state index in [1.165, 1.54) is 6.20 Å². The molecule has 0 spiro atoms. The molecule has 0 saturated carbocycles. The molecule has 0 bridgehead atoms. The van der Waals surface area contributed by atoms with Crippen LogP contribution in [0.2, 0.25) is 0 Å². The normalized spacial score (nSPS) is 25.3. The van der Waals surface area contributed by atoms with Crippen LogP contribution in [0.25, 0.3) is 10.9 Å². The number of carbonyl (C=O) groups excluding carboxylic acids is 2. The maximum Gasteiger partial charge on any atom is 0.317 e. The molecule has 27 heavy (non-hydrogen) atoms. The molecule has 10 heteroatoms. The predicted molar refractivity (Wildman–Crippen MR) is 87.8 cm³/mol. The van der Waals surface area contributed by atoms with Crippen LogP contribution in [0, 0.1) is 0 Å². The number of aromatic amines is 1. The zero-order chi connectivity index (χ0) is 19.6. The van der Waals surface area contributed by atoms with Gasteiger partial charge in [0.15, 0.2) is 11.9 Å². The molecule has 2 aromatic rings. The second-order valence-electron chi connectivity index (χ2n) is 5.90. The second kappa shape index (κ2) is 7.74. The van der Waals surface area contributed by atoms with E-state index in [9.17, 15) is 24.6 Å². The molecule has 144 valence electrons. The van der Waals surface area contributed by atoms with Gasteiger partial charge < -0.3 is 34.5 Å². The number of aliphatic carboxylic acids is 1. The van der Waals surface area contributed by atoms with E-state index < -0.39 is 55.4 Å². The number of benzene rings is 1. The highest BCUT2D eigenvalue weighted by Crippen LogP contribution is 2.28. The molecular formula is C17H17NO9. The summed E-state index contributed by atoms with van der Waals surface area (Å²) in [6.45, 7) is -0.570. The topological polar surface area (TPSA) is 155 Å². The molecule has 1 aliphatic rings. The van der Waals surface area contributed by atoms with Gasteiger partial charge >= 0.3 is 11.9 Å². The molecule has 1 saturated heterocycles. The summed E-state index contributed by atoms with van der Waals surface area (Å²) in [7, 11) is 0. The number of fused-ring (bicyclic) bond motifs is 1.